The molecule has 4 nitrogen and oxygen atoms in total. The van der Waals surface area contributed by atoms with Crippen LogP contribution in [0.3, 0.4) is 0 Å². The van der Waals surface area contributed by atoms with Crippen LogP contribution in [0.4, 0.5) is 0 Å². The predicted octanol–water partition coefficient (Wildman–Crippen LogP) is 6.02. The van der Waals surface area contributed by atoms with E-state index in [0.29, 0.717) is 11.7 Å². The van der Waals surface area contributed by atoms with Gasteiger partial charge in [-0.25, -0.2) is 4.79 Å². The van der Waals surface area contributed by atoms with E-state index < -0.39 is 5.97 Å². The Morgan fingerprint density at radius 3 is 2.55 bits per heavy atom. The topological polar surface area (TPSA) is 55.0 Å². The van der Waals surface area contributed by atoms with Gasteiger partial charge in [-0.3, -0.25) is 5.10 Å². The largest absolute Gasteiger partial charge is 0.423 e. The fraction of sp³-hybridized carbons (Fsp3) is 0.111. The van der Waals surface area contributed by atoms with E-state index in [1.807, 2.05) is 42.6 Å². The van der Waals surface area contributed by atoms with Crippen LogP contribution < -0.4 is 4.74 Å². The van der Waals surface area contributed by atoms with Gasteiger partial charge in [-0.2, -0.15) is 5.10 Å². The summed E-state index contributed by atoms with van der Waals surface area (Å²) in [4.78, 5) is 12.0. The van der Waals surface area contributed by atoms with Gasteiger partial charge in [0, 0.05) is 17.0 Å². The van der Waals surface area contributed by atoms with Gasteiger partial charge in [0.05, 0.1) is 11.7 Å². The molecule has 0 atom stereocenters. The van der Waals surface area contributed by atoms with Crippen LogP contribution in [0, 0.1) is 5.92 Å². The highest BCUT2D eigenvalue weighted by Crippen LogP contribution is 2.49. The van der Waals surface area contributed by atoms with Gasteiger partial charge in [0.2, 0.25) is 0 Å². The van der Waals surface area contributed by atoms with Gasteiger partial charge in [-0.1, -0.05) is 61.2 Å². The van der Waals surface area contributed by atoms with Crippen molar-refractivity contribution in [1.82, 2.24) is 10.2 Å². The summed E-state index contributed by atoms with van der Waals surface area (Å²) < 4.78 is 5.65. The molecule has 3 aromatic carbocycles. The van der Waals surface area contributed by atoms with Crippen LogP contribution in [0.25, 0.3) is 22.0 Å². The maximum atomic E-state index is 12.0. The minimum Gasteiger partial charge on any atom is -0.423 e. The predicted molar refractivity (Wildman–Crippen MR) is 123 cm³/mol. The lowest BCUT2D eigenvalue weighted by Crippen LogP contribution is -2.06. The van der Waals surface area contributed by atoms with Gasteiger partial charge in [0.1, 0.15) is 5.75 Å². The number of para-hydroxylation sites is 1. The molecule has 0 saturated heterocycles. The minimum atomic E-state index is -0.468. The van der Waals surface area contributed by atoms with Gasteiger partial charge in [-0.05, 0) is 59.2 Å². The van der Waals surface area contributed by atoms with Crippen LogP contribution in [-0.4, -0.2) is 16.2 Å². The summed E-state index contributed by atoms with van der Waals surface area (Å²) in [5.41, 5.74) is 6.52. The molecule has 1 heterocycles. The first-order valence-corrected chi connectivity index (χ1v) is 10.4. The number of aromatic nitrogens is 2. The highest BCUT2D eigenvalue weighted by Gasteiger charge is 2.31. The number of aromatic amines is 1. The molecule has 4 aromatic rings. The van der Waals surface area contributed by atoms with Crippen molar-refractivity contribution in [3.05, 3.63) is 108 Å². The van der Waals surface area contributed by atoms with Gasteiger partial charge >= 0.3 is 5.97 Å². The van der Waals surface area contributed by atoms with Crippen LogP contribution in [-0.2, 0) is 4.79 Å². The lowest BCUT2D eigenvalue weighted by atomic mass is 9.86. The molecule has 0 unspecified atom stereocenters. The normalized spacial score (nSPS) is 14.2. The highest BCUT2D eigenvalue weighted by atomic mass is 16.5. The van der Waals surface area contributed by atoms with Crippen LogP contribution in [0.15, 0.2) is 91.6 Å². The molecule has 152 valence electrons. The third-order valence-corrected chi connectivity index (χ3v) is 5.60. The summed E-state index contributed by atoms with van der Waals surface area (Å²) >= 11 is 0. The summed E-state index contributed by atoms with van der Waals surface area (Å²) in [6, 6.07) is 24.5. The van der Waals surface area contributed by atoms with E-state index in [1.54, 1.807) is 0 Å². The van der Waals surface area contributed by atoms with E-state index in [1.165, 1.54) is 17.2 Å². The van der Waals surface area contributed by atoms with Gasteiger partial charge in [0.25, 0.3) is 0 Å². The lowest BCUT2D eigenvalue weighted by molar-refractivity contribution is -0.128. The molecule has 5 rings (SSSR count). The number of fused-ring (bicyclic) bond motifs is 1. The number of nitrogens with zero attached hydrogens (tertiary/aromatic N) is 1. The zero-order valence-electron chi connectivity index (χ0n) is 17.0. The molecular formula is C27H22N2O2. The average Bonchev–Trinajstić information content (AvgIpc) is 3.54. The van der Waals surface area contributed by atoms with Crippen LogP contribution in [0.2, 0.25) is 0 Å². The van der Waals surface area contributed by atoms with Gasteiger partial charge < -0.3 is 4.74 Å². The number of carbonyl (C=O) groups is 1. The molecule has 4 heteroatoms. The van der Waals surface area contributed by atoms with E-state index in [-0.39, 0.29) is 0 Å². The van der Waals surface area contributed by atoms with Crippen molar-refractivity contribution >= 4 is 28.0 Å². The Morgan fingerprint density at radius 1 is 1.00 bits per heavy atom. The number of benzene rings is 3. The summed E-state index contributed by atoms with van der Waals surface area (Å²) in [6.07, 6.45) is 5.32. The summed E-state index contributed by atoms with van der Waals surface area (Å²) in [5.74, 6) is 0.536. The smallest absolute Gasteiger partial charge is 0.335 e. The molecule has 1 N–H and O–H groups in total. The van der Waals surface area contributed by atoms with E-state index in [2.05, 4.69) is 53.2 Å². The number of nitrogens with one attached hydrogen (secondary N) is 1. The van der Waals surface area contributed by atoms with Crippen molar-refractivity contribution < 1.29 is 9.53 Å². The number of rotatable bonds is 6. The van der Waals surface area contributed by atoms with Crippen molar-refractivity contribution in [3.8, 4) is 5.75 Å². The van der Waals surface area contributed by atoms with Crippen LogP contribution >= 0.6 is 0 Å². The monoisotopic (exact) mass is 406 g/mol. The molecule has 1 aromatic heterocycles. The number of hydrogen-bond donors (Lipinski definition) is 1. The Hall–Kier alpha value is -3.92. The Bertz CT molecular complexity index is 1300. The molecule has 0 aliphatic heterocycles. The van der Waals surface area contributed by atoms with Crippen molar-refractivity contribution in [3.63, 3.8) is 0 Å². The molecule has 1 aliphatic carbocycles. The van der Waals surface area contributed by atoms with Gasteiger partial charge in [-0.15, -0.1) is 0 Å². The lowest BCUT2D eigenvalue weighted by Gasteiger charge is -2.19. The first-order chi connectivity index (χ1) is 15.2. The third-order valence-electron chi connectivity index (χ3n) is 5.60. The van der Waals surface area contributed by atoms with Crippen molar-refractivity contribution in [2.45, 2.75) is 12.8 Å². The average molecular weight is 406 g/mol. The summed E-state index contributed by atoms with van der Waals surface area (Å²) in [5, 5.41) is 8.23. The maximum absolute atomic E-state index is 12.0. The van der Waals surface area contributed by atoms with E-state index in [9.17, 15) is 4.79 Å². The highest BCUT2D eigenvalue weighted by molar-refractivity contribution is 6.03. The Labute approximate surface area is 180 Å². The Morgan fingerprint density at radius 2 is 1.77 bits per heavy atom. The molecule has 0 amide bonds. The number of hydrogen-bond acceptors (Lipinski definition) is 3. The van der Waals surface area contributed by atoms with Crippen molar-refractivity contribution in [2.75, 3.05) is 0 Å². The number of allylic oxidation sites excluding steroid dienone is 1. The second-order valence-corrected chi connectivity index (χ2v) is 7.72. The van der Waals surface area contributed by atoms with Crippen molar-refractivity contribution in [2.24, 2.45) is 5.92 Å². The van der Waals surface area contributed by atoms with Gasteiger partial charge in [0.15, 0.2) is 0 Å². The standard InChI is InChI=1S/C27H22N2O2/c1-2-25(30)31-24-11-7-6-10-22(24)27(20-14-15-23-21(16-20)17-28-29-23)26(19-12-13-19)18-8-4-3-5-9-18/h2-11,14-17,19H,1,12-13H2,(H,28,29)/b27-26-. The third kappa shape index (κ3) is 3.80. The van der Waals surface area contributed by atoms with Crippen LogP contribution in [0.5, 0.6) is 5.75 Å². The molecule has 0 bridgehead atoms. The summed E-state index contributed by atoms with van der Waals surface area (Å²) in [6.45, 7) is 3.54. The molecule has 0 spiro atoms. The van der Waals surface area contributed by atoms with E-state index in [4.69, 9.17) is 4.74 Å². The summed E-state index contributed by atoms with van der Waals surface area (Å²) in [7, 11) is 0. The molecule has 31 heavy (non-hydrogen) atoms. The number of H-pyrrole nitrogens is 1. The fourth-order valence-corrected chi connectivity index (χ4v) is 4.04. The first-order valence-electron chi connectivity index (χ1n) is 10.4. The number of esters is 1. The number of ether oxygens (including phenoxy) is 1. The molecule has 1 aliphatic rings. The SMILES string of the molecule is C=CC(=O)Oc1ccccc1/C(=C(/c1ccccc1)C1CC1)c1ccc2[nH]ncc2c1. The fourth-order valence-electron chi connectivity index (χ4n) is 4.04. The maximum Gasteiger partial charge on any atom is 0.335 e. The van der Waals surface area contributed by atoms with Crippen molar-refractivity contribution in [1.29, 1.82) is 0 Å². The molecule has 1 fully saturated rings. The second-order valence-electron chi connectivity index (χ2n) is 7.72. The van der Waals surface area contributed by atoms with E-state index in [0.717, 1.165) is 40.4 Å². The second kappa shape index (κ2) is 8.07. The van der Waals surface area contributed by atoms with E-state index >= 15 is 0 Å². The minimum absolute atomic E-state index is 0.468. The van der Waals surface area contributed by atoms with Crippen LogP contribution in [0.1, 0.15) is 29.5 Å². The number of carbonyl (C=O) groups excluding carboxylic acids is 1. The molecule has 0 radical (unpaired) electrons. The Kier molecular flexibility index (Phi) is 4.97. The molecule has 1 saturated carbocycles. The molecular weight excluding hydrogens is 384 g/mol. The quantitative estimate of drug-likeness (QED) is 0.184. The zero-order chi connectivity index (χ0) is 21.2. The Balaban J connectivity index is 1.80. The first kappa shape index (κ1) is 19.1. The zero-order valence-corrected chi connectivity index (χ0v) is 17.0.